The molecule has 0 aliphatic carbocycles. The third-order valence-electron chi connectivity index (χ3n) is 5.09. The fraction of sp³-hybridized carbons (Fsp3) is 0.667. The number of carbonyl (C=O) groups excluding carboxylic acids is 2. The SMILES string of the molecule is CCCCCC(=O)OC.CCCCCCOC.CCCCOC(=O)OC.Cc1cccc(-c2nnc(C)o2)c1. The van der Waals surface area contributed by atoms with E-state index in [-0.39, 0.29) is 5.97 Å². The Labute approximate surface area is 236 Å². The lowest BCUT2D eigenvalue weighted by Gasteiger charge is -1.99. The van der Waals surface area contributed by atoms with E-state index in [1.807, 2.05) is 38.1 Å². The van der Waals surface area contributed by atoms with Crippen LogP contribution in [0.15, 0.2) is 28.7 Å². The highest BCUT2D eigenvalue weighted by Gasteiger charge is 2.04. The minimum absolute atomic E-state index is 0.0940. The molecule has 0 radical (unpaired) electrons. The van der Waals surface area contributed by atoms with Crippen molar-refractivity contribution in [2.75, 3.05) is 34.5 Å². The van der Waals surface area contributed by atoms with E-state index >= 15 is 0 Å². The van der Waals surface area contributed by atoms with Gasteiger partial charge in [0.15, 0.2) is 0 Å². The van der Waals surface area contributed by atoms with Crippen molar-refractivity contribution in [3.8, 4) is 11.5 Å². The van der Waals surface area contributed by atoms with Crippen LogP contribution in [0.25, 0.3) is 11.5 Å². The summed E-state index contributed by atoms with van der Waals surface area (Å²) in [6.45, 7) is 11.6. The number of rotatable bonds is 13. The van der Waals surface area contributed by atoms with Crippen LogP contribution in [0.5, 0.6) is 0 Å². The monoisotopic (exact) mass is 552 g/mol. The molecule has 2 aromatic rings. The van der Waals surface area contributed by atoms with Crippen molar-refractivity contribution in [1.29, 1.82) is 0 Å². The number of carbonyl (C=O) groups is 2. The number of esters is 1. The first-order valence-electron chi connectivity index (χ1n) is 13.9. The predicted molar refractivity (Wildman–Crippen MR) is 155 cm³/mol. The lowest BCUT2D eigenvalue weighted by Crippen LogP contribution is -2.04. The van der Waals surface area contributed by atoms with Crippen molar-refractivity contribution >= 4 is 12.1 Å². The Kier molecular flexibility index (Phi) is 27.5. The van der Waals surface area contributed by atoms with Crippen LogP contribution in [0.1, 0.15) is 96.4 Å². The van der Waals surface area contributed by atoms with Crippen molar-refractivity contribution in [3.63, 3.8) is 0 Å². The number of methoxy groups -OCH3 is 3. The maximum atomic E-state index is 10.5. The summed E-state index contributed by atoms with van der Waals surface area (Å²) in [4.78, 5) is 20.7. The van der Waals surface area contributed by atoms with E-state index in [2.05, 4.69) is 38.3 Å². The molecule has 0 atom stereocenters. The van der Waals surface area contributed by atoms with Gasteiger partial charge in [-0.05, 0) is 38.3 Å². The van der Waals surface area contributed by atoms with Crippen LogP contribution in [0.2, 0.25) is 0 Å². The summed E-state index contributed by atoms with van der Waals surface area (Å²) < 4.78 is 23.5. The van der Waals surface area contributed by atoms with Gasteiger partial charge in [0.25, 0.3) is 0 Å². The van der Waals surface area contributed by atoms with Crippen LogP contribution in [-0.4, -0.2) is 56.9 Å². The fourth-order valence-electron chi connectivity index (χ4n) is 2.84. The summed E-state index contributed by atoms with van der Waals surface area (Å²) in [5, 5.41) is 7.72. The topological polar surface area (TPSA) is 110 Å². The van der Waals surface area contributed by atoms with Gasteiger partial charge in [0.05, 0.1) is 20.8 Å². The molecule has 0 amide bonds. The summed E-state index contributed by atoms with van der Waals surface area (Å²) in [5.41, 5.74) is 2.16. The molecule has 0 bridgehead atoms. The van der Waals surface area contributed by atoms with Gasteiger partial charge in [-0.3, -0.25) is 4.79 Å². The molecule has 224 valence electrons. The van der Waals surface area contributed by atoms with Gasteiger partial charge in [-0.15, -0.1) is 10.2 Å². The minimum Gasteiger partial charge on any atom is -0.469 e. The van der Waals surface area contributed by atoms with E-state index in [0.717, 1.165) is 44.3 Å². The van der Waals surface area contributed by atoms with Crippen LogP contribution in [0.3, 0.4) is 0 Å². The number of aryl methyl sites for hydroxylation is 2. The standard InChI is InChI=1S/C10H10N2O.C7H14O2.C7H16O.C6H12O3/c1-7-4-3-5-9(6-7)10-12-11-8(2)13-10;1-3-4-5-6-7(8)9-2;1-3-4-5-6-7-8-2;1-3-4-5-9-6(7)8-2/h3-6H,1-2H3;3-6H2,1-2H3;3-7H2,1-2H3;3-5H2,1-2H3. The Hall–Kier alpha value is -2.94. The van der Waals surface area contributed by atoms with Gasteiger partial charge in [-0.1, -0.05) is 77.0 Å². The summed E-state index contributed by atoms with van der Waals surface area (Å²) in [6, 6.07) is 7.99. The fourth-order valence-corrected chi connectivity index (χ4v) is 2.84. The molecular formula is C30H52N2O7. The van der Waals surface area contributed by atoms with E-state index in [9.17, 15) is 9.59 Å². The van der Waals surface area contributed by atoms with Crippen molar-refractivity contribution in [2.45, 2.75) is 98.8 Å². The van der Waals surface area contributed by atoms with Crippen molar-refractivity contribution in [3.05, 3.63) is 35.7 Å². The second-order valence-corrected chi connectivity index (χ2v) is 8.74. The molecule has 2 rings (SSSR count). The zero-order chi connectivity index (χ0) is 29.7. The molecule has 0 saturated heterocycles. The molecule has 0 spiro atoms. The summed E-state index contributed by atoms with van der Waals surface area (Å²) in [7, 11) is 4.48. The van der Waals surface area contributed by atoms with Crippen LogP contribution < -0.4 is 0 Å². The number of unbranched alkanes of at least 4 members (excludes halogenated alkanes) is 6. The molecular weight excluding hydrogens is 500 g/mol. The molecule has 9 nitrogen and oxygen atoms in total. The number of benzene rings is 1. The second kappa shape index (κ2) is 28.1. The molecule has 0 fully saturated rings. The van der Waals surface area contributed by atoms with E-state index in [1.54, 1.807) is 14.0 Å². The largest absolute Gasteiger partial charge is 0.507 e. The normalized spacial score (nSPS) is 9.54. The molecule has 0 N–H and O–H groups in total. The molecule has 9 heteroatoms. The highest BCUT2D eigenvalue weighted by Crippen LogP contribution is 2.18. The number of hydrogen-bond donors (Lipinski definition) is 0. The average Bonchev–Trinajstić information content (AvgIpc) is 3.38. The van der Waals surface area contributed by atoms with E-state index in [4.69, 9.17) is 9.15 Å². The summed E-state index contributed by atoms with van der Waals surface area (Å²) in [5.74, 6) is 1.08. The molecule has 0 unspecified atom stereocenters. The molecule has 1 aromatic carbocycles. The number of nitrogens with zero attached hydrogens (tertiary/aromatic N) is 2. The minimum atomic E-state index is -0.594. The predicted octanol–water partition coefficient (Wildman–Crippen LogP) is 7.88. The molecule has 0 aliphatic heterocycles. The highest BCUT2D eigenvalue weighted by atomic mass is 16.7. The molecule has 1 aromatic heterocycles. The second-order valence-electron chi connectivity index (χ2n) is 8.74. The molecule has 1 heterocycles. The van der Waals surface area contributed by atoms with Crippen molar-refractivity contribution in [1.82, 2.24) is 10.2 Å². The van der Waals surface area contributed by atoms with Crippen LogP contribution in [0, 0.1) is 13.8 Å². The Morgan fingerprint density at radius 2 is 1.46 bits per heavy atom. The van der Waals surface area contributed by atoms with Crippen molar-refractivity contribution in [2.24, 2.45) is 0 Å². The Morgan fingerprint density at radius 1 is 0.795 bits per heavy atom. The van der Waals surface area contributed by atoms with Crippen LogP contribution in [-0.2, 0) is 23.7 Å². The van der Waals surface area contributed by atoms with Gasteiger partial charge in [0, 0.05) is 32.6 Å². The Balaban J connectivity index is 0. The van der Waals surface area contributed by atoms with E-state index < -0.39 is 6.16 Å². The number of ether oxygens (including phenoxy) is 4. The Bertz CT molecular complexity index is 812. The number of aromatic nitrogens is 2. The first-order chi connectivity index (χ1) is 18.8. The van der Waals surface area contributed by atoms with E-state index in [1.165, 1.54) is 45.5 Å². The highest BCUT2D eigenvalue weighted by molar-refractivity contribution is 5.68. The zero-order valence-corrected chi connectivity index (χ0v) is 25.5. The quantitative estimate of drug-likeness (QED) is 0.181. The third kappa shape index (κ3) is 25.1. The first-order valence-corrected chi connectivity index (χ1v) is 13.9. The van der Waals surface area contributed by atoms with Gasteiger partial charge in [0.2, 0.25) is 11.8 Å². The van der Waals surface area contributed by atoms with Gasteiger partial charge < -0.3 is 23.4 Å². The maximum absolute atomic E-state index is 10.5. The average molecular weight is 553 g/mol. The van der Waals surface area contributed by atoms with Crippen molar-refractivity contribution < 1.29 is 33.0 Å². The lowest BCUT2D eigenvalue weighted by atomic mass is 10.1. The summed E-state index contributed by atoms with van der Waals surface area (Å²) in [6.07, 6.45) is 10.3. The molecule has 0 aliphatic rings. The summed E-state index contributed by atoms with van der Waals surface area (Å²) >= 11 is 0. The van der Waals surface area contributed by atoms with E-state index in [0.29, 0.717) is 24.8 Å². The van der Waals surface area contributed by atoms with Crippen LogP contribution in [0.4, 0.5) is 4.79 Å². The van der Waals surface area contributed by atoms with Crippen LogP contribution >= 0.6 is 0 Å². The smallest absolute Gasteiger partial charge is 0.469 e. The molecule has 0 saturated carbocycles. The molecule has 39 heavy (non-hydrogen) atoms. The maximum Gasteiger partial charge on any atom is 0.507 e. The van der Waals surface area contributed by atoms with Gasteiger partial charge in [0.1, 0.15) is 0 Å². The first kappa shape index (κ1) is 38.2. The lowest BCUT2D eigenvalue weighted by molar-refractivity contribution is -0.140. The van der Waals surface area contributed by atoms with Gasteiger partial charge in [-0.25, -0.2) is 4.79 Å². The van der Waals surface area contributed by atoms with Gasteiger partial charge in [-0.2, -0.15) is 0 Å². The van der Waals surface area contributed by atoms with Gasteiger partial charge >= 0.3 is 12.1 Å². The number of hydrogen-bond acceptors (Lipinski definition) is 9. The third-order valence-corrected chi connectivity index (χ3v) is 5.09. The Morgan fingerprint density at radius 3 is 1.97 bits per heavy atom. The zero-order valence-electron chi connectivity index (χ0n) is 25.5.